The van der Waals surface area contributed by atoms with Crippen LogP contribution in [0, 0.1) is 13.8 Å². The van der Waals surface area contributed by atoms with Gasteiger partial charge in [0.05, 0.1) is 23.5 Å². The van der Waals surface area contributed by atoms with Crippen molar-refractivity contribution in [3.63, 3.8) is 0 Å². The lowest BCUT2D eigenvalue weighted by Crippen LogP contribution is -2.23. The summed E-state index contributed by atoms with van der Waals surface area (Å²) in [5.74, 6) is 0.598. The number of nitrogens with one attached hydrogen (secondary N) is 1. The van der Waals surface area contributed by atoms with Gasteiger partial charge in [-0.1, -0.05) is 16.8 Å². The average molecular weight is 379 g/mol. The molecule has 0 aliphatic carbocycles. The van der Waals surface area contributed by atoms with Crippen LogP contribution in [0.15, 0.2) is 29.0 Å². The monoisotopic (exact) mass is 378 g/mol. The number of aryl methyl sites for hydroxylation is 2. The van der Waals surface area contributed by atoms with E-state index in [0.29, 0.717) is 23.1 Å². The van der Waals surface area contributed by atoms with Crippen LogP contribution in [0.5, 0.6) is 5.75 Å². The predicted octanol–water partition coefficient (Wildman–Crippen LogP) is 3.31. The fraction of sp³-hybridized carbons (Fsp3) is 0.250. The molecule has 3 heterocycles. The first kappa shape index (κ1) is 17.4. The van der Waals surface area contributed by atoms with Crippen molar-refractivity contribution in [1.82, 2.24) is 20.4 Å². The minimum absolute atomic E-state index is 0.118. The number of thiazole rings is 1. The summed E-state index contributed by atoms with van der Waals surface area (Å²) in [6.45, 7) is 4.41. The number of pyridine rings is 1. The van der Waals surface area contributed by atoms with Crippen LogP contribution in [-0.2, 0) is 13.2 Å². The van der Waals surface area contributed by atoms with Gasteiger partial charge < -0.3 is 14.6 Å². The molecule has 0 unspecified atom stereocenters. The van der Waals surface area contributed by atoms with Gasteiger partial charge in [0.25, 0.3) is 5.91 Å². The van der Waals surface area contributed by atoms with E-state index in [1.807, 2.05) is 13.8 Å². The number of nitrogens with zero attached hydrogens (tertiary/aromatic N) is 3. The van der Waals surface area contributed by atoms with Gasteiger partial charge in [0, 0.05) is 23.2 Å². The highest BCUT2D eigenvalue weighted by molar-refractivity contribution is 7.11. The average Bonchev–Trinajstić information content (AvgIpc) is 3.18. The summed E-state index contributed by atoms with van der Waals surface area (Å²) in [5.41, 5.74) is 1.17. The third-order valence-corrected chi connectivity index (χ3v) is 4.61. The van der Waals surface area contributed by atoms with E-state index in [0.717, 1.165) is 15.6 Å². The minimum atomic E-state index is -0.329. The number of carbonyl (C=O) groups is 1. The van der Waals surface area contributed by atoms with Crippen molar-refractivity contribution in [2.24, 2.45) is 0 Å². The van der Waals surface area contributed by atoms with Crippen molar-refractivity contribution >= 4 is 28.8 Å². The Bertz CT molecular complexity index is 874. The number of carbonyl (C=O) groups excluding carboxylic acids is 1. The van der Waals surface area contributed by atoms with Crippen molar-refractivity contribution in [1.29, 1.82) is 0 Å². The number of ether oxygens (including phenoxy) is 1. The van der Waals surface area contributed by atoms with E-state index in [4.69, 9.17) is 20.9 Å². The van der Waals surface area contributed by atoms with Gasteiger partial charge >= 0.3 is 0 Å². The van der Waals surface area contributed by atoms with Crippen LogP contribution in [0.3, 0.4) is 0 Å². The molecule has 0 saturated heterocycles. The van der Waals surface area contributed by atoms with Crippen molar-refractivity contribution in [2.45, 2.75) is 27.0 Å². The topological polar surface area (TPSA) is 90.1 Å². The van der Waals surface area contributed by atoms with E-state index >= 15 is 0 Å². The Morgan fingerprint density at radius 1 is 1.36 bits per heavy atom. The molecule has 25 heavy (non-hydrogen) atoms. The minimum Gasteiger partial charge on any atom is -0.484 e. The van der Waals surface area contributed by atoms with Crippen LogP contribution in [0.25, 0.3) is 0 Å². The van der Waals surface area contributed by atoms with Gasteiger partial charge in [-0.15, -0.1) is 11.3 Å². The smallest absolute Gasteiger partial charge is 0.273 e. The zero-order valence-electron chi connectivity index (χ0n) is 13.6. The molecule has 0 aromatic carbocycles. The summed E-state index contributed by atoms with van der Waals surface area (Å²) in [4.78, 5) is 21.5. The summed E-state index contributed by atoms with van der Waals surface area (Å²) in [7, 11) is 0. The highest BCUT2D eigenvalue weighted by atomic mass is 35.5. The molecule has 0 fully saturated rings. The molecule has 9 heteroatoms. The number of halogens is 1. The first-order valence-electron chi connectivity index (χ1n) is 7.41. The molecule has 0 bridgehead atoms. The first-order valence-corrected chi connectivity index (χ1v) is 8.61. The second kappa shape index (κ2) is 7.62. The van der Waals surface area contributed by atoms with E-state index in [2.05, 4.69) is 20.4 Å². The SMILES string of the molecule is Cc1nc(CNC(=O)c2cc(COc3cncc(Cl)c3)on2)sc1C. The molecule has 3 aromatic heterocycles. The number of hydrogen-bond acceptors (Lipinski definition) is 7. The van der Waals surface area contributed by atoms with Crippen molar-refractivity contribution < 1.29 is 14.1 Å². The van der Waals surface area contributed by atoms with Crippen molar-refractivity contribution in [2.75, 3.05) is 0 Å². The lowest BCUT2D eigenvalue weighted by atomic mass is 10.3. The summed E-state index contributed by atoms with van der Waals surface area (Å²) in [5, 5.41) is 7.85. The molecule has 1 N–H and O–H groups in total. The summed E-state index contributed by atoms with van der Waals surface area (Å²) in [6.07, 6.45) is 3.05. The predicted molar refractivity (Wildman–Crippen MR) is 92.8 cm³/mol. The second-order valence-electron chi connectivity index (χ2n) is 5.24. The Labute approximate surface area is 153 Å². The molecule has 0 atom stereocenters. The zero-order valence-corrected chi connectivity index (χ0v) is 15.1. The standard InChI is InChI=1S/C16H15ClN4O3S/c1-9-10(2)25-15(20-9)7-19-16(22)14-4-13(24-21-14)8-23-12-3-11(17)5-18-6-12/h3-6H,7-8H2,1-2H3,(H,19,22). The van der Waals surface area contributed by atoms with Crippen molar-refractivity contribution in [3.05, 3.63) is 56.6 Å². The van der Waals surface area contributed by atoms with Gasteiger partial charge in [0.1, 0.15) is 17.4 Å². The molecule has 3 rings (SSSR count). The molecule has 1 amide bonds. The summed E-state index contributed by atoms with van der Waals surface area (Å²) in [6, 6.07) is 3.17. The third kappa shape index (κ3) is 4.55. The van der Waals surface area contributed by atoms with E-state index < -0.39 is 0 Å². The fourth-order valence-corrected chi connectivity index (χ4v) is 3.01. The Balaban J connectivity index is 1.54. The van der Waals surface area contributed by atoms with Crippen molar-refractivity contribution in [3.8, 4) is 5.75 Å². The molecule has 0 aliphatic rings. The molecule has 0 radical (unpaired) electrons. The highest BCUT2D eigenvalue weighted by Crippen LogP contribution is 2.18. The Kier molecular flexibility index (Phi) is 5.30. The molecule has 0 saturated carbocycles. The maximum atomic E-state index is 12.1. The highest BCUT2D eigenvalue weighted by Gasteiger charge is 2.14. The molecular formula is C16H15ClN4O3S. The van der Waals surface area contributed by atoms with E-state index in [9.17, 15) is 4.79 Å². The van der Waals surface area contributed by atoms with Crippen LogP contribution in [0.2, 0.25) is 5.02 Å². The van der Waals surface area contributed by atoms with Gasteiger partial charge in [0.2, 0.25) is 0 Å². The summed E-state index contributed by atoms with van der Waals surface area (Å²) >= 11 is 7.39. The number of aromatic nitrogens is 3. The number of hydrogen-bond donors (Lipinski definition) is 1. The normalized spacial score (nSPS) is 10.7. The first-order chi connectivity index (χ1) is 12.0. The third-order valence-electron chi connectivity index (χ3n) is 3.33. The van der Waals surface area contributed by atoms with Gasteiger partial charge in [-0.3, -0.25) is 9.78 Å². The number of rotatable bonds is 6. The van der Waals surface area contributed by atoms with Gasteiger partial charge in [-0.05, 0) is 13.8 Å². The molecule has 0 spiro atoms. The molecule has 7 nitrogen and oxygen atoms in total. The van der Waals surface area contributed by atoms with Crippen LogP contribution < -0.4 is 10.1 Å². The Hall–Kier alpha value is -2.45. The zero-order chi connectivity index (χ0) is 17.8. The second-order valence-corrected chi connectivity index (χ2v) is 6.96. The van der Waals surface area contributed by atoms with E-state index in [1.165, 1.54) is 18.5 Å². The largest absolute Gasteiger partial charge is 0.484 e. The molecule has 3 aromatic rings. The van der Waals surface area contributed by atoms with Crippen LogP contribution in [0.1, 0.15) is 31.8 Å². The van der Waals surface area contributed by atoms with E-state index in [1.54, 1.807) is 17.4 Å². The van der Waals surface area contributed by atoms with Gasteiger partial charge in [0.15, 0.2) is 11.5 Å². The molecule has 0 aliphatic heterocycles. The van der Waals surface area contributed by atoms with Crippen LogP contribution >= 0.6 is 22.9 Å². The Morgan fingerprint density at radius 3 is 2.92 bits per heavy atom. The van der Waals surface area contributed by atoms with E-state index in [-0.39, 0.29) is 18.2 Å². The van der Waals surface area contributed by atoms with Gasteiger partial charge in [-0.25, -0.2) is 4.98 Å². The fourth-order valence-electron chi connectivity index (χ4n) is 1.98. The maximum Gasteiger partial charge on any atom is 0.273 e. The quantitative estimate of drug-likeness (QED) is 0.707. The number of amides is 1. The van der Waals surface area contributed by atoms with Crippen LogP contribution in [-0.4, -0.2) is 21.0 Å². The molecule has 130 valence electrons. The lowest BCUT2D eigenvalue weighted by molar-refractivity contribution is 0.0941. The lowest BCUT2D eigenvalue weighted by Gasteiger charge is -2.02. The van der Waals surface area contributed by atoms with Gasteiger partial charge in [-0.2, -0.15) is 0 Å². The summed E-state index contributed by atoms with van der Waals surface area (Å²) < 4.78 is 10.6. The maximum absolute atomic E-state index is 12.1. The molecular weight excluding hydrogens is 364 g/mol. The van der Waals surface area contributed by atoms with Crippen LogP contribution in [0.4, 0.5) is 0 Å². The Morgan fingerprint density at radius 2 is 2.20 bits per heavy atom.